The van der Waals surface area contributed by atoms with Crippen LogP contribution in [-0.2, 0) is 16.1 Å². The van der Waals surface area contributed by atoms with Crippen molar-refractivity contribution in [2.24, 2.45) is 5.73 Å². The van der Waals surface area contributed by atoms with E-state index >= 15 is 4.39 Å². The van der Waals surface area contributed by atoms with Gasteiger partial charge in [-0.15, -0.1) is 0 Å². The molecule has 9 nitrogen and oxygen atoms in total. The van der Waals surface area contributed by atoms with Crippen molar-refractivity contribution in [1.29, 1.82) is 0 Å². The summed E-state index contributed by atoms with van der Waals surface area (Å²) in [6.07, 6.45) is -2.51. The molecular formula is C20H20F3N5O4. The molecule has 2 fully saturated rings. The summed E-state index contributed by atoms with van der Waals surface area (Å²) in [7, 11) is 0. The number of benzene rings is 1. The number of primary amides is 1. The molecule has 1 aromatic heterocycles. The first-order chi connectivity index (χ1) is 15.4. The van der Waals surface area contributed by atoms with E-state index in [0.29, 0.717) is 29.2 Å². The molecule has 2 amide bonds. The third-order valence-electron chi connectivity index (χ3n) is 6.01. The number of imidazole rings is 1. The van der Waals surface area contributed by atoms with Crippen LogP contribution in [0, 0.1) is 5.95 Å². The summed E-state index contributed by atoms with van der Waals surface area (Å²) in [6.45, 7) is 0.274. The maximum atomic E-state index is 15.2. The van der Waals surface area contributed by atoms with Crippen molar-refractivity contribution in [3.8, 4) is 17.1 Å². The lowest BCUT2D eigenvalue weighted by Crippen LogP contribution is -2.40. The van der Waals surface area contributed by atoms with Crippen molar-refractivity contribution in [1.82, 2.24) is 9.55 Å². The fourth-order valence-electron chi connectivity index (χ4n) is 4.46. The van der Waals surface area contributed by atoms with Crippen molar-refractivity contribution >= 4 is 23.5 Å². The van der Waals surface area contributed by atoms with Gasteiger partial charge in [0.1, 0.15) is 36.9 Å². The average Bonchev–Trinajstić information content (AvgIpc) is 3.43. The van der Waals surface area contributed by atoms with Gasteiger partial charge in [0, 0.05) is 18.3 Å². The van der Waals surface area contributed by atoms with Gasteiger partial charge in [-0.3, -0.25) is 9.36 Å². The van der Waals surface area contributed by atoms with Gasteiger partial charge in [0.15, 0.2) is 5.82 Å². The normalized spacial score (nSPS) is 22.4. The van der Waals surface area contributed by atoms with Crippen LogP contribution in [0.15, 0.2) is 18.2 Å². The Hall–Kier alpha value is -3.44. The number of nitrogens with two attached hydrogens (primary N) is 1. The molecule has 0 radical (unpaired) electrons. The summed E-state index contributed by atoms with van der Waals surface area (Å²) in [5.74, 6) is -1.28. The molecule has 3 aliphatic rings. The molecule has 3 aliphatic heterocycles. The Morgan fingerprint density at radius 1 is 1.25 bits per heavy atom. The minimum atomic E-state index is -2.92. The number of hydrogen-bond acceptors (Lipinski definition) is 6. The Balaban J connectivity index is 1.55. The van der Waals surface area contributed by atoms with E-state index in [1.807, 2.05) is 4.90 Å². The molecular weight excluding hydrogens is 431 g/mol. The molecule has 0 aliphatic carbocycles. The van der Waals surface area contributed by atoms with Gasteiger partial charge in [-0.2, -0.15) is 4.39 Å². The molecule has 2 saturated heterocycles. The Bertz CT molecular complexity index is 1090. The summed E-state index contributed by atoms with van der Waals surface area (Å²) in [4.78, 5) is 30.4. The number of cyclic esters (lactones) is 1. The molecule has 2 N–H and O–H groups in total. The van der Waals surface area contributed by atoms with Crippen molar-refractivity contribution in [2.45, 2.75) is 37.9 Å². The largest absolute Gasteiger partial charge is 0.491 e. The highest BCUT2D eigenvalue weighted by molar-refractivity contribution is 5.90. The van der Waals surface area contributed by atoms with Gasteiger partial charge in [-0.05, 0) is 25.0 Å². The highest BCUT2D eigenvalue weighted by Gasteiger charge is 2.44. The summed E-state index contributed by atoms with van der Waals surface area (Å²) < 4.78 is 53.6. The van der Waals surface area contributed by atoms with Crippen LogP contribution in [-0.4, -0.2) is 59.8 Å². The van der Waals surface area contributed by atoms with Crippen molar-refractivity contribution < 1.29 is 32.2 Å². The number of halogens is 3. The maximum Gasteiger partial charge on any atom is 0.416 e. The van der Waals surface area contributed by atoms with Crippen LogP contribution in [0.2, 0.25) is 0 Å². The number of alkyl halides is 2. The third-order valence-corrected chi connectivity index (χ3v) is 6.01. The smallest absolute Gasteiger partial charge is 0.416 e. The number of carbonyl (C=O) groups excluding carboxylic acids is 2. The first kappa shape index (κ1) is 20.5. The molecule has 2 atom stereocenters. The molecule has 0 bridgehead atoms. The Labute approximate surface area is 180 Å². The highest BCUT2D eigenvalue weighted by Crippen LogP contribution is 2.40. The zero-order valence-corrected chi connectivity index (χ0v) is 16.8. The fourth-order valence-corrected chi connectivity index (χ4v) is 4.46. The number of hydrogen-bond donors (Lipinski definition) is 1. The predicted molar refractivity (Wildman–Crippen MR) is 106 cm³/mol. The first-order valence-electron chi connectivity index (χ1n) is 10.2. The van der Waals surface area contributed by atoms with Gasteiger partial charge < -0.3 is 20.1 Å². The van der Waals surface area contributed by atoms with E-state index in [-0.39, 0.29) is 19.0 Å². The van der Waals surface area contributed by atoms with E-state index in [9.17, 15) is 18.4 Å². The van der Waals surface area contributed by atoms with Crippen LogP contribution in [0.4, 0.5) is 29.5 Å². The van der Waals surface area contributed by atoms with Crippen LogP contribution in [0.1, 0.15) is 12.8 Å². The van der Waals surface area contributed by atoms with Crippen molar-refractivity contribution in [3.63, 3.8) is 0 Å². The van der Waals surface area contributed by atoms with Crippen molar-refractivity contribution in [2.75, 3.05) is 29.6 Å². The highest BCUT2D eigenvalue weighted by atomic mass is 19.3. The lowest BCUT2D eigenvalue weighted by Gasteiger charge is -2.25. The average molecular weight is 451 g/mol. The number of ether oxygens (including phenoxy) is 2. The van der Waals surface area contributed by atoms with Gasteiger partial charge in [0.2, 0.25) is 11.9 Å². The summed E-state index contributed by atoms with van der Waals surface area (Å²) in [5, 5.41) is 0. The molecule has 5 rings (SSSR count). The van der Waals surface area contributed by atoms with Gasteiger partial charge in [0.05, 0.1) is 12.1 Å². The van der Waals surface area contributed by atoms with Crippen LogP contribution >= 0.6 is 0 Å². The second-order valence-corrected chi connectivity index (χ2v) is 7.83. The fraction of sp³-hybridized carbons (Fsp3) is 0.450. The molecule has 32 heavy (non-hydrogen) atoms. The van der Waals surface area contributed by atoms with Gasteiger partial charge >= 0.3 is 6.09 Å². The predicted octanol–water partition coefficient (Wildman–Crippen LogP) is 2.13. The van der Waals surface area contributed by atoms with Crippen LogP contribution in [0.25, 0.3) is 11.4 Å². The van der Waals surface area contributed by atoms with E-state index in [0.717, 1.165) is 12.1 Å². The maximum absolute atomic E-state index is 15.2. The molecule has 0 saturated carbocycles. The summed E-state index contributed by atoms with van der Waals surface area (Å²) in [5.41, 5.74) is 6.68. The van der Waals surface area contributed by atoms with Gasteiger partial charge in [-0.25, -0.2) is 23.5 Å². The number of nitrogens with zero attached hydrogens (tertiary/aromatic N) is 4. The number of fused-ring (bicyclic) bond motifs is 3. The molecule has 0 spiro atoms. The van der Waals surface area contributed by atoms with E-state index in [2.05, 4.69) is 4.98 Å². The number of rotatable bonds is 4. The minimum absolute atomic E-state index is 0.0635. The standard InChI is InChI=1S/C20H20F3N5O4/c21-15(22)13-9-32-20(30)28(13)19-16(23)27-6-7-31-14-8-10(3-4-11(14)18(27)25-19)26-5-1-2-12(26)17(24)29/h3-4,8,12-13,15H,1-2,5-7,9H2,(H2,24,29)/t12-,13?/m0/s1. The Kier molecular flexibility index (Phi) is 4.86. The van der Waals surface area contributed by atoms with Crippen LogP contribution in [0.5, 0.6) is 5.75 Å². The second kappa shape index (κ2) is 7.61. The zero-order chi connectivity index (χ0) is 22.6. The lowest BCUT2D eigenvalue weighted by atomic mass is 10.1. The van der Waals surface area contributed by atoms with E-state index in [4.69, 9.17) is 15.2 Å². The monoisotopic (exact) mass is 451 g/mol. The Morgan fingerprint density at radius 3 is 2.81 bits per heavy atom. The molecule has 4 heterocycles. The summed E-state index contributed by atoms with van der Waals surface area (Å²) >= 11 is 0. The third kappa shape index (κ3) is 3.12. The zero-order valence-electron chi connectivity index (χ0n) is 16.8. The van der Waals surface area contributed by atoms with Gasteiger partial charge in [0.25, 0.3) is 6.43 Å². The molecule has 12 heteroatoms. The summed E-state index contributed by atoms with van der Waals surface area (Å²) in [6, 6.07) is 3.11. The SMILES string of the molecule is NC(=O)[C@@H]1CCCN1c1ccc2c(c1)OCCn1c-2nc(N2C(=O)OCC2C(F)F)c1F. The number of aromatic nitrogens is 2. The quantitative estimate of drug-likeness (QED) is 0.764. The first-order valence-corrected chi connectivity index (χ1v) is 10.2. The number of anilines is 2. The van der Waals surface area contributed by atoms with Crippen molar-refractivity contribution in [3.05, 3.63) is 24.1 Å². The second-order valence-electron chi connectivity index (χ2n) is 7.83. The molecule has 170 valence electrons. The van der Waals surface area contributed by atoms with Crippen LogP contribution < -0.4 is 20.3 Å². The number of carbonyl (C=O) groups is 2. The van der Waals surface area contributed by atoms with Gasteiger partial charge in [-0.1, -0.05) is 0 Å². The minimum Gasteiger partial charge on any atom is -0.491 e. The van der Waals surface area contributed by atoms with E-state index in [1.54, 1.807) is 18.2 Å². The Morgan fingerprint density at radius 2 is 2.06 bits per heavy atom. The van der Waals surface area contributed by atoms with E-state index < -0.39 is 48.9 Å². The molecule has 2 aromatic rings. The van der Waals surface area contributed by atoms with Crippen LogP contribution in [0.3, 0.4) is 0 Å². The molecule has 1 unspecified atom stereocenters. The topological polar surface area (TPSA) is 103 Å². The number of amides is 2. The lowest BCUT2D eigenvalue weighted by molar-refractivity contribution is -0.119. The molecule has 1 aromatic carbocycles. The van der Waals surface area contributed by atoms with E-state index in [1.165, 1.54) is 4.57 Å².